The summed E-state index contributed by atoms with van der Waals surface area (Å²) in [6.45, 7) is 0. The highest BCUT2D eigenvalue weighted by molar-refractivity contribution is 5.90. The lowest BCUT2D eigenvalue weighted by Gasteiger charge is -2.28. The van der Waals surface area contributed by atoms with E-state index in [4.69, 9.17) is 0 Å². The Morgan fingerprint density at radius 3 is 0.651 bits per heavy atom. The molecular weight excluding hydrogens is 1050 g/mol. The molecule has 0 heterocycles. The lowest BCUT2D eigenvalue weighted by atomic mass is 9.82. The number of fused-ring (bicyclic) bond motifs is 12. The summed E-state index contributed by atoms with van der Waals surface area (Å²) in [5, 5.41) is 51.3. The summed E-state index contributed by atoms with van der Waals surface area (Å²) in [6.07, 6.45) is 0. The Morgan fingerprint density at radius 1 is 0.151 bits per heavy atom. The fourth-order valence-corrected chi connectivity index (χ4v) is 15.0. The largest absolute Gasteiger partial charge is 0.376 e. The smallest absolute Gasteiger partial charge is 0.141 e. The number of hydrogen-bond donors (Lipinski definition) is 4. The summed E-state index contributed by atoms with van der Waals surface area (Å²) < 4.78 is 0. The number of benzene rings is 13. The summed E-state index contributed by atoms with van der Waals surface area (Å²) in [5.41, 5.74) is 21.2. The molecule has 2 atom stereocenters. The Bertz CT molecular complexity index is 4810. The van der Waals surface area contributed by atoms with Crippen LogP contribution in [0.4, 0.5) is 0 Å². The van der Waals surface area contributed by atoms with Gasteiger partial charge < -0.3 is 20.4 Å². The monoisotopic (exact) mass is 1100 g/mol. The molecule has 0 fully saturated rings. The normalized spacial score (nSPS) is 17.3. The van der Waals surface area contributed by atoms with Crippen LogP contribution in [-0.2, 0) is 22.4 Å². The zero-order valence-corrected chi connectivity index (χ0v) is 46.7. The minimum atomic E-state index is -1.42. The van der Waals surface area contributed by atoms with Crippen LogP contribution in [0.2, 0.25) is 0 Å². The molecule has 0 radical (unpaired) electrons. The number of rotatable bonds is 8. The molecule has 2 unspecified atom stereocenters. The van der Waals surface area contributed by atoms with Crippen LogP contribution in [-0.4, -0.2) is 20.4 Å². The third kappa shape index (κ3) is 7.01. The standard InChI is InChI=1S/C82H54O4/c83-79(71-19-7-1-13-63(71)64-14-2-8-20-72(64)79)59-39-29-53(30-40-59)51-25-27-52(28-26-51)54-35-45-62(46-36-54)82(86)75-23-11-5-17-67(75)69-47-37-58(50-78(69)82)57-38-48-77-70(49-57)68-18-6-12-24-76(68)81(77,85)61-43-33-56(34-44-61)55-31-41-60(42-32-55)80(84)73-21-9-3-15-65(73)66-16-4-10-22-74(66)80/h1-50,83-86H. The summed E-state index contributed by atoms with van der Waals surface area (Å²) in [4.78, 5) is 0. The maximum Gasteiger partial charge on any atom is 0.141 e. The molecule has 0 amide bonds. The van der Waals surface area contributed by atoms with Crippen molar-refractivity contribution >= 4 is 0 Å². The van der Waals surface area contributed by atoms with Crippen molar-refractivity contribution in [1.29, 1.82) is 0 Å². The first-order valence-electron chi connectivity index (χ1n) is 29.4. The van der Waals surface area contributed by atoms with Gasteiger partial charge in [-0.05, 0) is 123 Å². The predicted octanol–water partition coefficient (Wildman–Crippen LogP) is 17.4. The van der Waals surface area contributed by atoms with Gasteiger partial charge in [0.2, 0.25) is 0 Å². The SMILES string of the molecule is OC1(c2ccc(-c3ccc(-c4ccc(C5(O)c6ccccc6-c6ccc(-c7ccc8c(c7)-c7ccccc7C8(O)c7ccc(-c8ccc(C9(O)c%10ccccc%10-c%10ccccc%109)cc8)cc7)cc65)cc4)cc3)cc2)c2ccccc2-c2ccccc21. The van der Waals surface area contributed by atoms with Crippen LogP contribution >= 0.6 is 0 Å². The molecule has 0 saturated carbocycles. The minimum Gasteiger partial charge on any atom is -0.376 e. The third-order valence-corrected chi connectivity index (χ3v) is 19.3. The second-order valence-corrected chi connectivity index (χ2v) is 23.5. The molecule has 4 aliphatic carbocycles. The van der Waals surface area contributed by atoms with E-state index >= 15 is 0 Å². The van der Waals surface area contributed by atoms with Gasteiger partial charge in [0.25, 0.3) is 0 Å². The Balaban J connectivity index is 0.648. The average Bonchev–Trinajstić information content (AvgIpc) is 2.97. The first-order valence-corrected chi connectivity index (χ1v) is 29.4. The van der Waals surface area contributed by atoms with Gasteiger partial charge in [0.05, 0.1) is 0 Å². The summed E-state index contributed by atoms with van der Waals surface area (Å²) in [7, 11) is 0. The Hall–Kier alpha value is -10.3. The molecule has 4 aliphatic rings. The Labute approximate surface area is 499 Å². The Kier molecular flexibility index (Phi) is 10.9. The lowest BCUT2D eigenvalue weighted by molar-refractivity contribution is 0.130. The lowest BCUT2D eigenvalue weighted by Crippen LogP contribution is -2.26. The molecule has 13 aromatic carbocycles. The number of aliphatic hydroxyl groups is 4. The molecule has 86 heavy (non-hydrogen) atoms. The van der Waals surface area contributed by atoms with Crippen LogP contribution in [0, 0.1) is 0 Å². The Morgan fingerprint density at radius 2 is 0.349 bits per heavy atom. The van der Waals surface area contributed by atoms with Crippen LogP contribution in [0.3, 0.4) is 0 Å². The van der Waals surface area contributed by atoms with Crippen LogP contribution in [0.25, 0.3) is 89.0 Å². The second-order valence-electron chi connectivity index (χ2n) is 23.5. The molecule has 0 aliphatic heterocycles. The predicted molar refractivity (Wildman–Crippen MR) is 344 cm³/mol. The van der Waals surface area contributed by atoms with Gasteiger partial charge in [-0.1, -0.05) is 291 Å². The average molecular weight is 1100 g/mol. The van der Waals surface area contributed by atoms with Crippen molar-refractivity contribution in [2.75, 3.05) is 0 Å². The van der Waals surface area contributed by atoms with Gasteiger partial charge in [-0.15, -0.1) is 0 Å². The highest BCUT2D eigenvalue weighted by atomic mass is 16.3. The van der Waals surface area contributed by atoms with Crippen molar-refractivity contribution in [3.63, 3.8) is 0 Å². The first-order chi connectivity index (χ1) is 42.1. The molecular formula is C82H54O4. The fourth-order valence-electron chi connectivity index (χ4n) is 15.0. The van der Waals surface area contributed by atoms with Crippen molar-refractivity contribution in [2.24, 2.45) is 0 Å². The van der Waals surface area contributed by atoms with Crippen LogP contribution in [0.5, 0.6) is 0 Å². The van der Waals surface area contributed by atoms with E-state index in [1.807, 2.05) is 146 Å². The third-order valence-electron chi connectivity index (χ3n) is 19.3. The molecule has 0 spiro atoms. The van der Waals surface area contributed by atoms with E-state index < -0.39 is 22.4 Å². The van der Waals surface area contributed by atoms with Gasteiger partial charge in [0.1, 0.15) is 22.4 Å². The fraction of sp³-hybridized carbons (Fsp3) is 0.0488. The van der Waals surface area contributed by atoms with E-state index in [1.165, 1.54) is 0 Å². The van der Waals surface area contributed by atoms with E-state index in [-0.39, 0.29) is 0 Å². The summed E-state index contributed by atoms with van der Waals surface area (Å²) in [6, 6.07) is 103. The molecule has 0 saturated heterocycles. The van der Waals surface area contributed by atoms with E-state index in [0.717, 1.165) is 156 Å². The van der Waals surface area contributed by atoms with Crippen molar-refractivity contribution in [2.45, 2.75) is 22.4 Å². The van der Waals surface area contributed by atoms with Crippen molar-refractivity contribution in [3.05, 3.63) is 370 Å². The van der Waals surface area contributed by atoms with E-state index in [9.17, 15) is 20.4 Å². The van der Waals surface area contributed by atoms with Gasteiger partial charge >= 0.3 is 0 Å². The molecule has 406 valence electrons. The van der Waals surface area contributed by atoms with Crippen molar-refractivity contribution in [1.82, 2.24) is 0 Å². The maximum absolute atomic E-state index is 13.3. The summed E-state index contributed by atoms with van der Waals surface area (Å²) >= 11 is 0. The van der Waals surface area contributed by atoms with Gasteiger partial charge in [-0.3, -0.25) is 0 Å². The zero-order chi connectivity index (χ0) is 57.5. The topological polar surface area (TPSA) is 80.9 Å². The van der Waals surface area contributed by atoms with E-state index in [0.29, 0.717) is 0 Å². The van der Waals surface area contributed by atoms with Gasteiger partial charge in [-0.25, -0.2) is 0 Å². The quantitative estimate of drug-likeness (QED) is 0.122. The summed E-state index contributed by atoms with van der Waals surface area (Å²) in [5.74, 6) is 0. The first kappa shape index (κ1) is 50.2. The molecule has 4 heteroatoms. The van der Waals surface area contributed by atoms with Gasteiger partial charge in [-0.2, -0.15) is 0 Å². The van der Waals surface area contributed by atoms with Crippen LogP contribution < -0.4 is 0 Å². The van der Waals surface area contributed by atoms with Crippen molar-refractivity contribution < 1.29 is 20.4 Å². The number of hydrogen-bond acceptors (Lipinski definition) is 4. The van der Waals surface area contributed by atoms with Crippen LogP contribution in [0.1, 0.15) is 66.8 Å². The molecule has 4 N–H and O–H groups in total. The molecule has 0 aromatic heterocycles. The molecule has 17 rings (SSSR count). The molecule has 13 aromatic rings. The van der Waals surface area contributed by atoms with Crippen LogP contribution in [0.15, 0.2) is 303 Å². The van der Waals surface area contributed by atoms with Gasteiger partial charge in [0, 0.05) is 44.5 Å². The van der Waals surface area contributed by atoms with Gasteiger partial charge in [0.15, 0.2) is 0 Å². The minimum absolute atomic E-state index is 0.773. The zero-order valence-electron chi connectivity index (χ0n) is 46.7. The molecule has 4 nitrogen and oxygen atoms in total. The highest BCUT2D eigenvalue weighted by Gasteiger charge is 2.47. The van der Waals surface area contributed by atoms with E-state index in [1.54, 1.807) is 0 Å². The second kappa shape index (κ2) is 18.6. The van der Waals surface area contributed by atoms with Crippen molar-refractivity contribution in [3.8, 4) is 89.0 Å². The molecule has 0 bridgehead atoms. The highest BCUT2D eigenvalue weighted by Crippen LogP contribution is 2.56. The maximum atomic E-state index is 13.3. The van der Waals surface area contributed by atoms with E-state index in [2.05, 4.69) is 158 Å².